The fraction of sp³-hybridized carbons (Fsp3) is 0.586. The highest BCUT2D eigenvalue weighted by Gasteiger charge is 2.47. The number of anilines is 2. The van der Waals surface area contributed by atoms with Gasteiger partial charge < -0.3 is 25.2 Å². The minimum absolute atomic E-state index is 0.0311. The highest BCUT2D eigenvalue weighted by atomic mass is 19.4. The highest BCUT2D eigenvalue weighted by Crippen LogP contribution is 2.45. The van der Waals surface area contributed by atoms with E-state index < -0.39 is 46.3 Å². The Labute approximate surface area is 240 Å². The van der Waals surface area contributed by atoms with Crippen LogP contribution in [-0.4, -0.2) is 63.9 Å². The van der Waals surface area contributed by atoms with E-state index in [1.54, 1.807) is 6.92 Å². The predicted octanol–water partition coefficient (Wildman–Crippen LogP) is 4.69. The summed E-state index contributed by atoms with van der Waals surface area (Å²) in [6.07, 6.45) is -2.95. The number of β-amino-alcohol motifs (C(OH)–C–C–N with tert-alkyl or cyclic N) is 1. The molecule has 4 aliphatic rings. The van der Waals surface area contributed by atoms with Crippen LogP contribution >= 0.6 is 0 Å². The van der Waals surface area contributed by atoms with Gasteiger partial charge in [-0.3, -0.25) is 4.90 Å². The summed E-state index contributed by atoms with van der Waals surface area (Å²) in [4.78, 5) is 13.5. The van der Waals surface area contributed by atoms with E-state index in [0.29, 0.717) is 49.1 Å². The third-order valence-corrected chi connectivity index (χ3v) is 8.92. The molecular formula is C29H34F5N5O3. The van der Waals surface area contributed by atoms with Gasteiger partial charge in [-0.2, -0.15) is 23.1 Å². The number of alkyl halides is 3. The minimum atomic E-state index is -5.18. The molecule has 13 heteroatoms. The average Bonchev–Trinajstić information content (AvgIpc) is 3.43. The zero-order valence-electron chi connectivity index (χ0n) is 23.4. The summed E-state index contributed by atoms with van der Waals surface area (Å²) < 4.78 is 83.4. The zero-order valence-corrected chi connectivity index (χ0v) is 23.4. The number of halogens is 5. The van der Waals surface area contributed by atoms with Crippen LogP contribution in [0.15, 0.2) is 18.2 Å². The molecule has 1 aromatic heterocycles. The second kappa shape index (κ2) is 10.3. The Morgan fingerprint density at radius 2 is 1.98 bits per heavy atom. The largest absolute Gasteiger partial charge is 0.461 e. The first-order valence-corrected chi connectivity index (χ1v) is 14.1. The first-order chi connectivity index (χ1) is 19.8. The Balaban J connectivity index is 1.38. The van der Waals surface area contributed by atoms with Crippen LogP contribution in [0.1, 0.15) is 67.5 Å². The van der Waals surface area contributed by atoms with Gasteiger partial charge in [0.2, 0.25) is 0 Å². The molecule has 2 unspecified atom stereocenters. The topological polar surface area (TPSA) is 97.0 Å². The molecule has 228 valence electrons. The van der Waals surface area contributed by atoms with Crippen LogP contribution in [0.25, 0.3) is 0 Å². The normalized spacial score (nSPS) is 28.2. The quantitative estimate of drug-likeness (QED) is 0.292. The van der Waals surface area contributed by atoms with Gasteiger partial charge in [-0.1, -0.05) is 12.2 Å². The van der Waals surface area contributed by atoms with Gasteiger partial charge in [0.1, 0.15) is 23.8 Å². The van der Waals surface area contributed by atoms with Crippen LogP contribution < -0.4 is 15.4 Å². The van der Waals surface area contributed by atoms with Crippen molar-refractivity contribution in [1.82, 2.24) is 14.9 Å². The van der Waals surface area contributed by atoms with Crippen molar-refractivity contribution < 1.29 is 36.5 Å². The third kappa shape index (κ3) is 5.19. The molecule has 3 fully saturated rings. The Hall–Kier alpha value is -3.03. The molecule has 0 saturated carbocycles. The Bertz CT molecular complexity index is 1420. The zero-order chi connectivity index (χ0) is 30.0. The van der Waals surface area contributed by atoms with Crippen LogP contribution in [-0.2, 0) is 23.9 Å². The molecule has 0 aliphatic carbocycles. The molecule has 2 aromatic rings. The van der Waals surface area contributed by atoms with E-state index in [2.05, 4.69) is 16.5 Å². The molecule has 4 aliphatic heterocycles. The average molecular weight is 596 g/mol. The number of benzene rings is 1. The van der Waals surface area contributed by atoms with Crippen LogP contribution in [0, 0.1) is 11.6 Å². The van der Waals surface area contributed by atoms with Crippen molar-refractivity contribution in [2.24, 2.45) is 0 Å². The summed E-state index contributed by atoms with van der Waals surface area (Å²) in [5.74, 6) is -2.61. The van der Waals surface area contributed by atoms with Crippen molar-refractivity contribution in [2.45, 2.75) is 75.5 Å². The Morgan fingerprint density at radius 3 is 2.71 bits per heavy atom. The van der Waals surface area contributed by atoms with Crippen molar-refractivity contribution in [3.63, 3.8) is 0 Å². The lowest BCUT2D eigenvalue weighted by atomic mass is 9.92. The second-order valence-electron chi connectivity index (χ2n) is 12.3. The fourth-order valence-electron chi connectivity index (χ4n) is 7.04. The van der Waals surface area contributed by atoms with Crippen molar-refractivity contribution in [2.75, 3.05) is 43.4 Å². The summed E-state index contributed by atoms with van der Waals surface area (Å²) >= 11 is 0. The van der Waals surface area contributed by atoms with E-state index in [4.69, 9.17) is 20.2 Å². The number of fused-ring (bicyclic) bond motifs is 2. The summed E-state index contributed by atoms with van der Waals surface area (Å²) in [7, 11) is 0. The first-order valence-electron chi connectivity index (χ1n) is 14.1. The van der Waals surface area contributed by atoms with Gasteiger partial charge in [0, 0.05) is 43.2 Å². The number of ether oxygens (including phenoxy) is 2. The Kier molecular flexibility index (Phi) is 7.13. The number of aliphatic hydroxyl groups is 1. The van der Waals surface area contributed by atoms with Crippen molar-refractivity contribution in [3.8, 4) is 6.01 Å². The summed E-state index contributed by atoms with van der Waals surface area (Å²) in [5.41, 5.74) is 2.79. The van der Waals surface area contributed by atoms with E-state index in [0.717, 1.165) is 37.9 Å². The van der Waals surface area contributed by atoms with E-state index >= 15 is 4.39 Å². The van der Waals surface area contributed by atoms with E-state index in [1.165, 1.54) is 0 Å². The number of aromatic nitrogens is 2. The molecule has 1 aromatic carbocycles. The monoisotopic (exact) mass is 595 g/mol. The number of hydrogen-bond acceptors (Lipinski definition) is 8. The molecular weight excluding hydrogens is 561 g/mol. The van der Waals surface area contributed by atoms with Gasteiger partial charge in [0.05, 0.1) is 35.2 Å². The number of hydrogen-bond donors (Lipinski definition) is 2. The van der Waals surface area contributed by atoms with E-state index in [1.807, 2.05) is 4.90 Å². The van der Waals surface area contributed by atoms with E-state index in [-0.39, 0.29) is 31.1 Å². The standard InChI is InChI=1S/C29H34F5N5O3/c1-16-11-28(6-4-8-39(28)12-16)15-42-26-36-20-10-21(22-23(29(32,33)34)18(30)9-19(35)24(22)31)41-13-17(20)25(37-26)38-7-3-5-27(2,40)14-38/h9,21,40H,1,3-8,10-15,35H2,2H3/t21?,27?,28-/m0/s1. The molecule has 5 heterocycles. The van der Waals surface area contributed by atoms with Gasteiger partial charge in [-0.15, -0.1) is 0 Å². The van der Waals surface area contributed by atoms with Crippen molar-refractivity contribution in [3.05, 3.63) is 52.2 Å². The van der Waals surface area contributed by atoms with Crippen LogP contribution in [0.3, 0.4) is 0 Å². The molecule has 6 rings (SSSR count). The predicted molar refractivity (Wildman–Crippen MR) is 144 cm³/mol. The molecule has 3 saturated heterocycles. The van der Waals surface area contributed by atoms with Crippen molar-refractivity contribution in [1.29, 1.82) is 0 Å². The van der Waals surface area contributed by atoms with Crippen molar-refractivity contribution >= 4 is 11.5 Å². The summed E-state index contributed by atoms with van der Waals surface area (Å²) in [6.45, 7) is 8.50. The highest BCUT2D eigenvalue weighted by molar-refractivity contribution is 5.54. The third-order valence-electron chi connectivity index (χ3n) is 8.92. The summed E-state index contributed by atoms with van der Waals surface area (Å²) in [5, 5.41) is 10.8. The number of piperidine rings is 1. The molecule has 42 heavy (non-hydrogen) atoms. The molecule has 3 N–H and O–H groups in total. The SMILES string of the molecule is C=C1CN2CCC[C@@]2(COc2nc3c(c(N4CCCC(C)(O)C4)n2)COC(c2c(F)c(N)cc(F)c2C(F)(F)F)C3)C1. The minimum Gasteiger partial charge on any atom is -0.461 e. The van der Waals surface area contributed by atoms with Crippen LogP contribution in [0.2, 0.25) is 0 Å². The molecule has 0 radical (unpaired) electrons. The van der Waals surface area contributed by atoms with Gasteiger partial charge >= 0.3 is 12.2 Å². The van der Waals surface area contributed by atoms with Gasteiger partial charge in [0.15, 0.2) is 5.82 Å². The van der Waals surface area contributed by atoms with E-state index in [9.17, 15) is 22.7 Å². The number of nitrogen functional groups attached to an aromatic ring is 1. The van der Waals surface area contributed by atoms with Crippen LogP contribution in [0.5, 0.6) is 6.01 Å². The van der Waals surface area contributed by atoms with Gasteiger partial charge in [-0.25, -0.2) is 8.78 Å². The smallest absolute Gasteiger partial charge is 0.419 e. The summed E-state index contributed by atoms with van der Waals surface area (Å²) in [6, 6.07) is 0.361. The maximum absolute atomic E-state index is 15.1. The lowest BCUT2D eigenvalue weighted by molar-refractivity contribution is -0.142. The maximum atomic E-state index is 15.1. The molecule has 8 nitrogen and oxygen atoms in total. The molecule has 0 amide bonds. The molecule has 0 bridgehead atoms. The van der Waals surface area contributed by atoms with Crippen LogP contribution in [0.4, 0.5) is 33.5 Å². The lowest BCUT2D eigenvalue weighted by Crippen LogP contribution is -2.47. The second-order valence-corrected chi connectivity index (χ2v) is 12.3. The van der Waals surface area contributed by atoms with Gasteiger partial charge in [0.25, 0.3) is 0 Å². The lowest BCUT2D eigenvalue weighted by Gasteiger charge is -2.39. The number of rotatable bonds is 5. The fourth-order valence-corrected chi connectivity index (χ4v) is 7.04. The first kappa shape index (κ1) is 29.1. The maximum Gasteiger partial charge on any atom is 0.419 e. The number of nitrogens with zero attached hydrogens (tertiary/aromatic N) is 4. The van der Waals surface area contributed by atoms with Gasteiger partial charge in [-0.05, 0) is 45.6 Å². The molecule has 0 spiro atoms. The Morgan fingerprint density at radius 1 is 1.21 bits per heavy atom. The molecule has 3 atom stereocenters. The number of nitrogens with two attached hydrogens (primary N) is 1.